The number of rotatable bonds is 9. The van der Waals surface area contributed by atoms with Crippen molar-refractivity contribution >= 4 is 17.8 Å². The van der Waals surface area contributed by atoms with E-state index in [-0.39, 0.29) is 12.5 Å². The fraction of sp³-hybridized carbons (Fsp3) is 0.300. The van der Waals surface area contributed by atoms with Crippen LogP contribution >= 0.6 is 0 Å². The lowest BCUT2D eigenvalue weighted by Gasteiger charge is -2.20. The number of carbonyl (C=O) groups is 1. The Bertz CT molecular complexity index is 752. The van der Waals surface area contributed by atoms with E-state index >= 15 is 0 Å². The summed E-state index contributed by atoms with van der Waals surface area (Å²) in [5.41, 5.74) is 1.51. The summed E-state index contributed by atoms with van der Waals surface area (Å²) in [4.78, 5) is 19.1. The number of nitrogens with zero attached hydrogens (tertiary/aromatic N) is 2. The molecule has 0 spiro atoms. The number of methoxy groups -OCH3 is 3. The minimum absolute atomic E-state index is 0.163. The summed E-state index contributed by atoms with van der Waals surface area (Å²) in [6.45, 7) is 2.29. The Morgan fingerprint density at radius 2 is 1.67 bits per heavy atom. The molecule has 0 saturated carbocycles. The second-order valence-electron chi connectivity index (χ2n) is 5.44. The van der Waals surface area contributed by atoms with E-state index < -0.39 is 0 Å². The van der Waals surface area contributed by atoms with Gasteiger partial charge in [-0.1, -0.05) is 23.4 Å². The maximum atomic E-state index is 12.3. The molecule has 0 atom stereocenters. The Hall–Kier alpha value is -3.22. The van der Waals surface area contributed by atoms with E-state index in [9.17, 15) is 4.79 Å². The minimum Gasteiger partial charge on any atom is -0.493 e. The zero-order valence-electron chi connectivity index (χ0n) is 16.0. The number of carbonyl (C=O) groups excluding carboxylic acids is 1. The molecule has 0 heterocycles. The summed E-state index contributed by atoms with van der Waals surface area (Å²) >= 11 is 0. The summed E-state index contributed by atoms with van der Waals surface area (Å²) in [6.07, 6.45) is 1.48. The first kappa shape index (κ1) is 20.1. The van der Waals surface area contributed by atoms with Crippen LogP contribution in [0.15, 0.2) is 47.6 Å². The van der Waals surface area contributed by atoms with Gasteiger partial charge in [0.05, 0.1) is 27.5 Å². The van der Waals surface area contributed by atoms with E-state index in [0.717, 1.165) is 5.69 Å². The maximum Gasteiger partial charge on any atom is 0.267 e. The van der Waals surface area contributed by atoms with Crippen molar-refractivity contribution < 1.29 is 23.8 Å². The largest absolute Gasteiger partial charge is 0.493 e. The molecule has 0 aliphatic heterocycles. The monoisotopic (exact) mass is 372 g/mol. The molecule has 0 aliphatic carbocycles. The van der Waals surface area contributed by atoms with Crippen molar-refractivity contribution in [3.05, 3.63) is 48.0 Å². The molecule has 2 aromatic carbocycles. The van der Waals surface area contributed by atoms with Gasteiger partial charge in [0.2, 0.25) is 5.75 Å². The number of hydrogen-bond acceptors (Lipinski definition) is 6. The van der Waals surface area contributed by atoms with Crippen LogP contribution < -0.4 is 19.1 Å². The van der Waals surface area contributed by atoms with E-state index in [1.807, 2.05) is 37.3 Å². The smallest absolute Gasteiger partial charge is 0.267 e. The number of ether oxygens (including phenoxy) is 3. The average molecular weight is 372 g/mol. The number of anilines is 1. The lowest BCUT2D eigenvalue weighted by atomic mass is 10.2. The first-order valence-electron chi connectivity index (χ1n) is 8.45. The second kappa shape index (κ2) is 10.1. The maximum absolute atomic E-state index is 12.3. The van der Waals surface area contributed by atoms with Crippen LogP contribution in [0.1, 0.15) is 12.5 Å². The molecule has 7 nitrogen and oxygen atoms in total. The van der Waals surface area contributed by atoms with Crippen LogP contribution in [0.25, 0.3) is 0 Å². The molecule has 0 saturated heterocycles. The molecule has 7 heteroatoms. The van der Waals surface area contributed by atoms with Crippen LogP contribution in [0.3, 0.4) is 0 Å². The summed E-state index contributed by atoms with van der Waals surface area (Å²) in [5.74, 6) is 1.34. The van der Waals surface area contributed by atoms with E-state index in [1.165, 1.54) is 27.5 Å². The molecule has 0 N–H and O–H groups in total. The van der Waals surface area contributed by atoms with E-state index in [1.54, 1.807) is 17.0 Å². The van der Waals surface area contributed by atoms with Crippen molar-refractivity contribution in [2.75, 3.05) is 39.4 Å². The van der Waals surface area contributed by atoms with Crippen LogP contribution in [-0.4, -0.2) is 46.6 Å². The van der Waals surface area contributed by atoms with Gasteiger partial charge in [-0.2, -0.15) is 0 Å². The van der Waals surface area contributed by atoms with E-state index in [2.05, 4.69) is 5.16 Å². The summed E-state index contributed by atoms with van der Waals surface area (Å²) in [7, 11) is 4.61. The fourth-order valence-corrected chi connectivity index (χ4v) is 2.56. The number of likely N-dealkylation sites (N-methyl/N-ethyl adjacent to an activating group) is 1. The normalized spacial score (nSPS) is 10.5. The standard InChI is InChI=1S/C20H24N2O5/c1-5-22(16-9-7-6-8-10-16)19(23)14-27-21-13-15-11-17(24-2)20(26-4)18(12-15)25-3/h6-13H,5,14H2,1-4H3. The van der Waals surface area contributed by atoms with Gasteiger partial charge in [0.25, 0.3) is 5.91 Å². The zero-order chi connectivity index (χ0) is 19.6. The second-order valence-corrected chi connectivity index (χ2v) is 5.44. The molecule has 144 valence electrons. The van der Waals surface area contributed by atoms with E-state index in [4.69, 9.17) is 19.0 Å². The molecule has 0 radical (unpaired) electrons. The Morgan fingerprint density at radius 1 is 1.04 bits per heavy atom. The molecule has 0 bridgehead atoms. The Balaban J connectivity index is 2.02. The van der Waals surface area contributed by atoms with Crippen molar-refractivity contribution in [3.63, 3.8) is 0 Å². The van der Waals surface area contributed by atoms with Crippen LogP contribution in [-0.2, 0) is 9.63 Å². The van der Waals surface area contributed by atoms with Gasteiger partial charge in [-0.3, -0.25) is 4.79 Å². The minimum atomic E-state index is -0.175. The Kier molecular flexibility index (Phi) is 7.49. The number of oxime groups is 1. The summed E-state index contributed by atoms with van der Waals surface area (Å²) in [5, 5.41) is 3.87. The van der Waals surface area contributed by atoms with Crippen molar-refractivity contribution in [3.8, 4) is 17.2 Å². The van der Waals surface area contributed by atoms with Gasteiger partial charge in [0, 0.05) is 17.8 Å². The topological polar surface area (TPSA) is 69.6 Å². The van der Waals surface area contributed by atoms with Gasteiger partial charge in [-0.05, 0) is 31.2 Å². The number of benzene rings is 2. The van der Waals surface area contributed by atoms with Crippen LogP contribution in [0.4, 0.5) is 5.69 Å². The molecular formula is C20H24N2O5. The first-order valence-corrected chi connectivity index (χ1v) is 8.45. The lowest BCUT2D eigenvalue weighted by molar-refractivity contribution is -0.123. The first-order chi connectivity index (χ1) is 13.1. The molecule has 2 rings (SSSR count). The molecule has 1 amide bonds. The van der Waals surface area contributed by atoms with Crippen molar-refractivity contribution in [2.45, 2.75) is 6.92 Å². The van der Waals surface area contributed by atoms with E-state index in [0.29, 0.717) is 29.4 Å². The molecular weight excluding hydrogens is 348 g/mol. The molecule has 0 fully saturated rings. The summed E-state index contributed by atoms with van der Waals surface area (Å²) in [6, 6.07) is 12.9. The third kappa shape index (κ3) is 5.13. The van der Waals surface area contributed by atoms with Crippen molar-refractivity contribution in [1.82, 2.24) is 0 Å². The van der Waals surface area contributed by atoms with Crippen LogP contribution in [0.5, 0.6) is 17.2 Å². The molecule has 0 unspecified atom stereocenters. The highest BCUT2D eigenvalue weighted by Gasteiger charge is 2.14. The van der Waals surface area contributed by atoms with Gasteiger partial charge in [0.1, 0.15) is 0 Å². The molecule has 0 aromatic heterocycles. The van der Waals surface area contributed by atoms with Gasteiger partial charge in [0.15, 0.2) is 18.1 Å². The molecule has 0 aliphatic rings. The fourth-order valence-electron chi connectivity index (χ4n) is 2.56. The van der Waals surface area contributed by atoms with Crippen molar-refractivity contribution in [1.29, 1.82) is 0 Å². The van der Waals surface area contributed by atoms with Gasteiger partial charge in [-0.25, -0.2) is 0 Å². The Morgan fingerprint density at radius 3 is 2.19 bits per heavy atom. The SMILES string of the molecule is CCN(C(=O)CON=Cc1cc(OC)c(OC)c(OC)c1)c1ccccc1. The highest BCUT2D eigenvalue weighted by atomic mass is 16.6. The predicted octanol–water partition coefficient (Wildman–Crippen LogP) is 3.12. The third-order valence-corrected chi connectivity index (χ3v) is 3.84. The third-order valence-electron chi connectivity index (χ3n) is 3.84. The number of para-hydroxylation sites is 1. The molecule has 27 heavy (non-hydrogen) atoms. The quantitative estimate of drug-likeness (QED) is 0.500. The number of hydrogen-bond donors (Lipinski definition) is 0. The highest BCUT2D eigenvalue weighted by molar-refractivity contribution is 5.94. The number of amides is 1. The average Bonchev–Trinajstić information content (AvgIpc) is 2.71. The summed E-state index contributed by atoms with van der Waals surface area (Å²) < 4.78 is 15.9. The van der Waals surface area contributed by atoms with Gasteiger partial charge >= 0.3 is 0 Å². The highest BCUT2D eigenvalue weighted by Crippen LogP contribution is 2.37. The van der Waals surface area contributed by atoms with Gasteiger partial charge < -0.3 is 23.9 Å². The zero-order valence-corrected chi connectivity index (χ0v) is 16.0. The van der Waals surface area contributed by atoms with Crippen LogP contribution in [0.2, 0.25) is 0 Å². The van der Waals surface area contributed by atoms with Gasteiger partial charge in [-0.15, -0.1) is 0 Å². The predicted molar refractivity (Wildman–Crippen MR) is 104 cm³/mol. The lowest BCUT2D eigenvalue weighted by Crippen LogP contribution is -2.33. The molecule has 2 aromatic rings. The Labute approximate surface area is 159 Å². The van der Waals surface area contributed by atoms with Crippen molar-refractivity contribution in [2.24, 2.45) is 5.16 Å². The van der Waals surface area contributed by atoms with Crippen LogP contribution in [0, 0.1) is 0 Å².